The van der Waals surface area contributed by atoms with Crippen LogP contribution in [0.2, 0.25) is 0 Å². The number of ether oxygens (including phenoxy) is 2. The second kappa shape index (κ2) is 16.1. The van der Waals surface area contributed by atoms with E-state index in [2.05, 4.69) is 36.9 Å². The number of hydrogen-bond donors (Lipinski definition) is 3. The zero-order valence-electron chi connectivity index (χ0n) is 25.3. The lowest BCUT2D eigenvalue weighted by Crippen LogP contribution is -2.30. The molecule has 9 nitrogen and oxygen atoms in total. The van der Waals surface area contributed by atoms with Crippen molar-refractivity contribution in [2.24, 2.45) is 0 Å². The molecule has 0 radical (unpaired) electrons. The highest BCUT2D eigenvalue weighted by atomic mass is 79.9. The van der Waals surface area contributed by atoms with E-state index in [9.17, 15) is 14.4 Å². The van der Waals surface area contributed by atoms with E-state index in [-0.39, 0.29) is 17.4 Å². The molecule has 0 fully saturated rings. The average molecular weight is 730 g/mol. The molecule has 5 rings (SSSR count). The Labute approximate surface area is 288 Å². The largest absolute Gasteiger partial charge is 0.493 e. The minimum Gasteiger partial charge on any atom is -0.493 e. The van der Waals surface area contributed by atoms with Gasteiger partial charge in [0.15, 0.2) is 16.6 Å². The summed E-state index contributed by atoms with van der Waals surface area (Å²) in [7, 11) is 3.15. The first-order valence-electron chi connectivity index (χ1n) is 14.2. The molecule has 3 N–H and O–H groups in total. The van der Waals surface area contributed by atoms with E-state index in [4.69, 9.17) is 9.47 Å². The van der Waals surface area contributed by atoms with Crippen LogP contribution in [0.3, 0.4) is 0 Å². The third kappa shape index (κ3) is 9.32. The Kier molecular flexibility index (Phi) is 11.4. The predicted octanol–water partition coefficient (Wildman–Crippen LogP) is 7.73. The minimum absolute atomic E-state index is 0.0866. The van der Waals surface area contributed by atoms with Gasteiger partial charge in [0.2, 0.25) is 5.91 Å². The maximum atomic E-state index is 13.3. The Morgan fingerprint density at radius 3 is 2.36 bits per heavy atom. The number of anilines is 2. The molecule has 0 unspecified atom stereocenters. The van der Waals surface area contributed by atoms with Crippen LogP contribution in [-0.4, -0.2) is 42.7 Å². The van der Waals surface area contributed by atoms with Crippen molar-refractivity contribution in [3.63, 3.8) is 0 Å². The van der Waals surface area contributed by atoms with Gasteiger partial charge in [-0.15, -0.1) is 23.1 Å². The van der Waals surface area contributed by atoms with Crippen LogP contribution >= 0.6 is 39.0 Å². The lowest BCUT2D eigenvalue weighted by molar-refractivity contribution is -0.114. The van der Waals surface area contributed by atoms with Crippen LogP contribution in [0.1, 0.15) is 15.9 Å². The van der Waals surface area contributed by atoms with Crippen LogP contribution in [0.15, 0.2) is 118 Å². The monoisotopic (exact) mass is 728 g/mol. The number of hydrogen-bond acceptors (Lipinski definition) is 8. The van der Waals surface area contributed by atoms with E-state index in [0.29, 0.717) is 33.6 Å². The fourth-order valence-electron chi connectivity index (χ4n) is 4.30. The second-order valence-corrected chi connectivity index (χ2v) is 12.7. The summed E-state index contributed by atoms with van der Waals surface area (Å²) in [4.78, 5) is 44.2. The summed E-state index contributed by atoms with van der Waals surface area (Å²) in [6.45, 7) is 0. The van der Waals surface area contributed by atoms with E-state index in [1.807, 2.05) is 66.0 Å². The number of halogens is 1. The van der Waals surface area contributed by atoms with Crippen molar-refractivity contribution in [1.29, 1.82) is 0 Å². The van der Waals surface area contributed by atoms with Gasteiger partial charge in [-0.05, 0) is 78.4 Å². The molecule has 3 amide bonds. The molecule has 47 heavy (non-hydrogen) atoms. The summed E-state index contributed by atoms with van der Waals surface area (Å²) >= 11 is 6.12. The molecular weight excluding hydrogens is 700 g/mol. The van der Waals surface area contributed by atoms with Gasteiger partial charge >= 0.3 is 0 Å². The third-order valence-electron chi connectivity index (χ3n) is 6.60. The number of rotatable bonds is 12. The Balaban J connectivity index is 1.18. The van der Waals surface area contributed by atoms with Gasteiger partial charge in [-0.1, -0.05) is 46.3 Å². The molecule has 0 aliphatic heterocycles. The molecule has 0 aliphatic carbocycles. The van der Waals surface area contributed by atoms with Crippen LogP contribution in [-0.2, 0) is 9.59 Å². The first-order chi connectivity index (χ1) is 22.8. The van der Waals surface area contributed by atoms with Gasteiger partial charge in [-0.2, -0.15) is 0 Å². The number of methoxy groups -OCH3 is 2. The Hall–Kier alpha value is -4.91. The fourth-order valence-corrected chi connectivity index (χ4v) is 6.15. The number of carbonyl (C=O) groups excluding carboxylic acids is 3. The average Bonchev–Trinajstić information content (AvgIpc) is 3.56. The van der Waals surface area contributed by atoms with Crippen LogP contribution in [0.5, 0.6) is 11.5 Å². The first kappa shape index (κ1) is 33.5. The van der Waals surface area contributed by atoms with Gasteiger partial charge in [0.25, 0.3) is 11.8 Å². The SMILES string of the molecule is COc1ccc(-c2csc(NC(=O)CSc3ccc(NC(=O)/C(=C/c4cccc(Br)c4)NC(=O)c4ccccc4)cc3)n2)cc1OC. The maximum Gasteiger partial charge on any atom is 0.272 e. The van der Waals surface area contributed by atoms with Gasteiger partial charge in [0.05, 0.1) is 25.7 Å². The number of nitrogens with zero attached hydrogens (tertiary/aromatic N) is 1. The van der Waals surface area contributed by atoms with E-state index in [1.54, 1.807) is 56.7 Å². The summed E-state index contributed by atoms with van der Waals surface area (Å²) in [6.07, 6.45) is 1.61. The number of benzene rings is 4. The summed E-state index contributed by atoms with van der Waals surface area (Å²) in [6, 6.07) is 28.7. The maximum absolute atomic E-state index is 13.3. The van der Waals surface area contributed by atoms with Gasteiger partial charge in [0.1, 0.15) is 5.70 Å². The van der Waals surface area contributed by atoms with Crippen molar-refractivity contribution in [1.82, 2.24) is 10.3 Å². The highest BCUT2D eigenvalue weighted by molar-refractivity contribution is 9.10. The zero-order valence-corrected chi connectivity index (χ0v) is 28.5. The van der Waals surface area contributed by atoms with Gasteiger partial charge < -0.3 is 25.4 Å². The molecule has 1 aromatic heterocycles. The molecule has 5 aromatic rings. The zero-order chi connectivity index (χ0) is 33.2. The minimum atomic E-state index is -0.482. The van der Waals surface area contributed by atoms with E-state index in [0.717, 1.165) is 20.5 Å². The molecule has 0 spiro atoms. The van der Waals surface area contributed by atoms with E-state index < -0.39 is 11.8 Å². The van der Waals surface area contributed by atoms with Crippen molar-refractivity contribution in [3.05, 3.63) is 124 Å². The van der Waals surface area contributed by atoms with Crippen LogP contribution < -0.4 is 25.4 Å². The van der Waals surface area contributed by atoms with E-state index in [1.165, 1.54) is 23.1 Å². The normalized spacial score (nSPS) is 11.0. The van der Waals surface area contributed by atoms with E-state index >= 15 is 0 Å². The molecule has 12 heteroatoms. The standard InChI is InChI=1S/C35H29BrN4O5S2/c1-44-30-16-11-24(19-31(30)45-2)29-20-47-35(39-29)40-32(41)21-46-27-14-12-26(13-15-27)37-34(43)28(18-22-7-6-10-25(36)17-22)38-33(42)23-8-4-3-5-9-23/h3-20H,21H2,1-2H3,(H,37,43)(H,38,42)(H,39,40,41)/b28-18-. The first-order valence-corrected chi connectivity index (χ1v) is 16.8. The number of carbonyl (C=O) groups is 3. The Morgan fingerprint density at radius 2 is 1.64 bits per heavy atom. The molecule has 4 aromatic carbocycles. The number of nitrogens with one attached hydrogen (secondary N) is 3. The molecular formula is C35H29BrN4O5S2. The van der Waals surface area contributed by atoms with Crippen molar-refractivity contribution in [2.75, 3.05) is 30.6 Å². The third-order valence-corrected chi connectivity index (χ3v) is 8.86. The highest BCUT2D eigenvalue weighted by Gasteiger charge is 2.16. The van der Waals surface area contributed by atoms with Gasteiger partial charge in [0, 0.05) is 31.6 Å². The summed E-state index contributed by atoms with van der Waals surface area (Å²) in [5.74, 6) is 0.307. The van der Waals surface area contributed by atoms with Crippen molar-refractivity contribution >= 4 is 73.6 Å². The molecule has 0 atom stereocenters. The van der Waals surface area contributed by atoms with Crippen molar-refractivity contribution in [3.8, 4) is 22.8 Å². The Bertz CT molecular complexity index is 1910. The molecule has 0 bridgehead atoms. The number of thiazole rings is 1. The lowest BCUT2D eigenvalue weighted by Gasteiger charge is -2.12. The second-order valence-electron chi connectivity index (χ2n) is 9.86. The number of aromatic nitrogens is 1. The van der Waals surface area contributed by atoms with Crippen LogP contribution in [0, 0.1) is 0 Å². The number of amides is 3. The predicted molar refractivity (Wildman–Crippen MR) is 191 cm³/mol. The molecule has 0 saturated heterocycles. The lowest BCUT2D eigenvalue weighted by atomic mass is 10.1. The number of thioether (sulfide) groups is 1. The van der Waals surface area contributed by atoms with Crippen LogP contribution in [0.4, 0.5) is 10.8 Å². The molecule has 0 aliphatic rings. The summed E-state index contributed by atoms with van der Waals surface area (Å²) in [5.41, 5.74) is 3.34. The fraction of sp³-hybridized carbons (Fsp3) is 0.0857. The van der Waals surface area contributed by atoms with Gasteiger partial charge in [-0.3, -0.25) is 14.4 Å². The van der Waals surface area contributed by atoms with Crippen LogP contribution in [0.25, 0.3) is 17.3 Å². The van der Waals surface area contributed by atoms with Crippen molar-refractivity contribution in [2.45, 2.75) is 4.90 Å². The molecule has 238 valence electrons. The summed E-state index contributed by atoms with van der Waals surface area (Å²) in [5, 5.41) is 10.8. The summed E-state index contributed by atoms with van der Waals surface area (Å²) < 4.78 is 11.5. The quantitative estimate of drug-likeness (QED) is 0.0889. The smallest absolute Gasteiger partial charge is 0.272 e. The molecule has 1 heterocycles. The topological polar surface area (TPSA) is 119 Å². The van der Waals surface area contributed by atoms with Gasteiger partial charge in [-0.25, -0.2) is 4.98 Å². The highest BCUT2D eigenvalue weighted by Crippen LogP contribution is 2.33. The van der Waals surface area contributed by atoms with Crippen molar-refractivity contribution < 1.29 is 23.9 Å². The Morgan fingerprint density at radius 1 is 0.872 bits per heavy atom. The molecule has 0 saturated carbocycles.